The van der Waals surface area contributed by atoms with E-state index in [0.717, 1.165) is 26.8 Å². The quantitative estimate of drug-likeness (QED) is 0.547. The molecule has 7 heteroatoms. The van der Waals surface area contributed by atoms with Gasteiger partial charge in [0.05, 0.1) is 18.5 Å². The van der Waals surface area contributed by atoms with Crippen molar-refractivity contribution >= 4 is 32.9 Å². The van der Waals surface area contributed by atoms with E-state index in [4.69, 9.17) is 4.42 Å². The van der Waals surface area contributed by atoms with Crippen LogP contribution in [0.25, 0.3) is 20.7 Å². The second-order valence-corrected chi connectivity index (χ2v) is 8.58. The first-order chi connectivity index (χ1) is 12.5. The maximum absolute atomic E-state index is 12.7. The lowest BCUT2D eigenvalue weighted by atomic mass is 10.2. The molecular weight excluding hydrogens is 366 g/mol. The van der Waals surface area contributed by atoms with Crippen molar-refractivity contribution in [3.63, 3.8) is 0 Å². The van der Waals surface area contributed by atoms with Crippen LogP contribution in [0.3, 0.4) is 0 Å². The number of rotatable bonds is 5. The Morgan fingerprint density at radius 1 is 1.19 bits per heavy atom. The Hall–Kier alpha value is -2.22. The summed E-state index contributed by atoms with van der Waals surface area (Å²) in [5, 5.41) is 2.71. The van der Waals surface area contributed by atoms with Gasteiger partial charge in [0.15, 0.2) is 0 Å². The molecule has 4 rings (SSSR count). The molecule has 1 N–H and O–H groups in total. The van der Waals surface area contributed by atoms with E-state index in [9.17, 15) is 4.79 Å². The van der Waals surface area contributed by atoms with Crippen molar-refractivity contribution in [3.05, 3.63) is 62.2 Å². The van der Waals surface area contributed by atoms with Gasteiger partial charge in [0, 0.05) is 20.7 Å². The average Bonchev–Trinajstić information content (AvgIpc) is 3.27. The van der Waals surface area contributed by atoms with Gasteiger partial charge in [-0.1, -0.05) is 0 Å². The molecule has 4 heterocycles. The highest BCUT2D eigenvalue weighted by Gasteiger charge is 2.15. The van der Waals surface area contributed by atoms with Crippen molar-refractivity contribution in [2.24, 2.45) is 0 Å². The van der Waals surface area contributed by atoms with Crippen LogP contribution in [0, 0.1) is 13.8 Å². The number of hydrogen-bond acceptors (Lipinski definition) is 6. The molecule has 26 heavy (non-hydrogen) atoms. The van der Waals surface area contributed by atoms with Crippen LogP contribution < -0.4 is 5.56 Å². The topological polar surface area (TPSA) is 62.1 Å². The number of furan rings is 1. The minimum Gasteiger partial charge on any atom is -0.465 e. The van der Waals surface area contributed by atoms with Crippen LogP contribution in [0.5, 0.6) is 0 Å². The van der Waals surface area contributed by atoms with Gasteiger partial charge in [0.1, 0.15) is 22.2 Å². The van der Waals surface area contributed by atoms with Crippen LogP contribution in [0.15, 0.2) is 38.9 Å². The number of fused-ring (bicyclic) bond motifs is 1. The molecule has 0 fully saturated rings. The molecule has 134 valence electrons. The lowest BCUT2D eigenvalue weighted by Gasteiger charge is -2.14. The smallest absolute Gasteiger partial charge is 0.260 e. The number of thiophene rings is 2. The highest BCUT2D eigenvalue weighted by atomic mass is 32.1. The van der Waals surface area contributed by atoms with Gasteiger partial charge in [0.25, 0.3) is 5.56 Å². The molecule has 0 atom stereocenters. The van der Waals surface area contributed by atoms with Crippen molar-refractivity contribution in [3.8, 4) is 10.4 Å². The standard InChI is InChI=1S/C19H19N3O2S2/c1-11-4-6-13(24-11)8-22(3)9-16-20-18(23)17-14(10-25-19(17)21-16)15-7-5-12(2)26-15/h4-7,10H,8-9H2,1-3H3,(H,20,21,23). The highest BCUT2D eigenvalue weighted by Crippen LogP contribution is 2.35. The van der Waals surface area contributed by atoms with Crippen LogP contribution in [0.1, 0.15) is 22.2 Å². The lowest BCUT2D eigenvalue weighted by molar-refractivity contribution is 0.279. The maximum atomic E-state index is 12.7. The minimum atomic E-state index is -0.0745. The summed E-state index contributed by atoms with van der Waals surface area (Å²) < 4.78 is 5.61. The molecule has 0 radical (unpaired) electrons. The zero-order valence-corrected chi connectivity index (χ0v) is 16.5. The van der Waals surface area contributed by atoms with E-state index in [0.29, 0.717) is 24.3 Å². The van der Waals surface area contributed by atoms with Crippen LogP contribution in [-0.4, -0.2) is 21.9 Å². The Kier molecular flexibility index (Phi) is 4.52. The average molecular weight is 386 g/mol. The van der Waals surface area contributed by atoms with Gasteiger partial charge < -0.3 is 9.40 Å². The van der Waals surface area contributed by atoms with E-state index in [1.807, 2.05) is 31.5 Å². The molecule has 0 bridgehead atoms. The molecule has 5 nitrogen and oxygen atoms in total. The van der Waals surface area contributed by atoms with Crippen LogP contribution in [-0.2, 0) is 13.1 Å². The number of H-pyrrole nitrogens is 1. The molecule has 0 aliphatic carbocycles. The summed E-state index contributed by atoms with van der Waals surface area (Å²) in [7, 11) is 1.98. The first-order valence-electron chi connectivity index (χ1n) is 8.30. The van der Waals surface area contributed by atoms with Gasteiger partial charge in [-0.25, -0.2) is 4.98 Å². The van der Waals surface area contributed by atoms with Crippen molar-refractivity contribution in [2.75, 3.05) is 7.05 Å². The third kappa shape index (κ3) is 3.38. The highest BCUT2D eigenvalue weighted by molar-refractivity contribution is 7.19. The number of nitrogens with one attached hydrogen (secondary N) is 1. The first kappa shape index (κ1) is 17.2. The molecule has 0 aromatic carbocycles. The second kappa shape index (κ2) is 6.83. The number of aromatic amines is 1. The van der Waals surface area contributed by atoms with Crippen LogP contribution >= 0.6 is 22.7 Å². The normalized spacial score (nSPS) is 11.7. The molecular formula is C19H19N3O2S2. The largest absolute Gasteiger partial charge is 0.465 e. The zero-order valence-electron chi connectivity index (χ0n) is 14.8. The third-order valence-corrected chi connectivity index (χ3v) is 6.05. The van der Waals surface area contributed by atoms with Gasteiger partial charge in [-0.3, -0.25) is 9.69 Å². The van der Waals surface area contributed by atoms with Gasteiger partial charge in [-0.05, 0) is 45.2 Å². The Labute approximate surface area is 158 Å². The van der Waals surface area contributed by atoms with Crippen molar-refractivity contribution in [1.29, 1.82) is 0 Å². The van der Waals surface area contributed by atoms with E-state index in [1.165, 1.54) is 16.2 Å². The molecule has 0 unspecified atom stereocenters. The van der Waals surface area contributed by atoms with E-state index >= 15 is 0 Å². The van der Waals surface area contributed by atoms with E-state index in [1.54, 1.807) is 11.3 Å². The van der Waals surface area contributed by atoms with E-state index < -0.39 is 0 Å². The summed E-state index contributed by atoms with van der Waals surface area (Å²) in [6.45, 7) is 5.22. The van der Waals surface area contributed by atoms with E-state index in [2.05, 4.69) is 33.9 Å². The fourth-order valence-electron chi connectivity index (χ4n) is 2.98. The molecule has 0 aliphatic rings. The minimum absolute atomic E-state index is 0.0745. The molecule has 4 aromatic heterocycles. The Morgan fingerprint density at radius 2 is 2.04 bits per heavy atom. The summed E-state index contributed by atoms with van der Waals surface area (Å²) in [4.78, 5) is 25.5. The number of aryl methyl sites for hydroxylation is 2. The van der Waals surface area contributed by atoms with Crippen molar-refractivity contribution in [1.82, 2.24) is 14.9 Å². The maximum Gasteiger partial charge on any atom is 0.260 e. The Balaban J connectivity index is 1.60. The number of aromatic nitrogens is 2. The monoisotopic (exact) mass is 385 g/mol. The summed E-state index contributed by atoms with van der Waals surface area (Å²) in [6.07, 6.45) is 0. The predicted octanol–water partition coefficient (Wildman–Crippen LogP) is 4.55. The fraction of sp³-hybridized carbons (Fsp3) is 0.263. The molecule has 0 saturated carbocycles. The van der Waals surface area contributed by atoms with Gasteiger partial charge >= 0.3 is 0 Å². The molecule has 0 saturated heterocycles. The molecule has 0 aliphatic heterocycles. The number of hydrogen-bond donors (Lipinski definition) is 1. The molecule has 0 amide bonds. The zero-order chi connectivity index (χ0) is 18.3. The number of nitrogens with zero attached hydrogens (tertiary/aromatic N) is 2. The summed E-state index contributed by atoms with van der Waals surface area (Å²) in [6, 6.07) is 8.06. The predicted molar refractivity (Wildman–Crippen MR) is 107 cm³/mol. The Morgan fingerprint density at radius 3 is 2.73 bits per heavy atom. The van der Waals surface area contributed by atoms with Crippen LogP contribution in [0.4, 0.5) is 0 Å². The fourth-order valence-corrected chi connectivity index (χ4v) is 4.90. The summed E-state index contributed by atoms with van der Waals surface area (Å²) in [5.74, 6) is 2.47. The van der Waals surface area contributed by atoms with Crippen molar-refractivity contribution < 1.29 is 4.42 Å². The van der Waals surface area contributed by atoms with E-state index in [-0.39, 0.29) is 5.56 Å². The second-order valence-electron chi connectivity index (χ2n) is 6.44. The summed E-state index contributed by atoms with van der Waals surface area (Å²) >= 11 is 3.21. The first-order valence-corrected chi connectivity index (χ1v) is 10.0. The van der Waals surface area contributed by atoms with Gasteiger partial charge in [-0.2, -0.15) is 0 Å². The third-order valence-electron chi connectivity index (χ3n) is 4.14. The molecule has 4 aromatic rings. The lowest BCUT2D eigenvalue weighted by Crippen LogP contribution is -2.21. The SMILES string of the molecule is Cc1ccc(CN(C)Cc2nc3scc(-c4ccc(C)s4)c3c(=O)[nH]2)o1. The molecule has 0 spiro atoms. The summed E-state index contributed by atoms with van der Waals surface area (Å²) in [5.41, 5.74) is 0.900. The van der Waals surface area contributed by atoms with Gasteiger partial charge in [0.2, 0.25) is 0 Å². The van der Waals surface area contributed by atoms with Crippen LogP contribution in [0.2, 0.25) is 0 Å². The van der Waals surface area contributed by atoms with Crippen molar-refractivity contribution in [2.45, 2.75) is 26.9 Å². The van der Waals surface area contributed by atoms with Gasteiger partial charge in [-0.15, -0.1) is 22.7 Å². The Bertz CT molecular complexity index is 1120.